The number of fused-ring (bicyclic) bond motifs is 1. The minimum atomic E-state index is -0.446. The predicted molar refractivity (Wildman–Crippen MR) is 110 cm³/mol. The Morgan fingerprint density at radius 1 is 1.11 bits per heavy atom. The molecule has 6 heteroatoms. The Hall–Kier alpha value is -2.79. The summed E-state index contributed by atoms with van der Waals surface area (Å²) in [7, 11) is 0. The molecule has 2 aromatic carbocycles. The highest BCUT2D eigenvalue weighted by atomic mass is 35.5. The van der Waals surface area contributed by atoms with E-state index in [0.717, 1.165) is 16.5 Å². The summed E-state index contributed by atoms with van der Waals surface area (Å²) in [4.78, 5) is 23.8. The number of carbonyl (C=O) groups is 1. The number of carbonyl (C=O) groups excluding carboxylic acids is 1. The summed E-state index contributed by atoms with van der Waals surface area (Å²) in [6.45, 7) is 7.61. The molecule has 146 valence electrons. The lowest BCUT2D eigenvalue weighted by molar-refractivity contribution is -0.123. The minimum Gasteiger partial charge on any atom is -0.482 e. The van der Waals surface area contributed by atoms with Gasteiger partial charge in [-0.1, -0.05) is 29.8 Å². The third-order valence-electron chi connectivity index (χ3n) is 4.77. The summed E-state index contributed by atoms with van der Waals surface area (Å²) in [5.41, 5.74) is 4.09. The van der Waals surface area contributed by atoms with Crippen LogP contribution in [0.1, 0.15) is 35.2 Å². The van der Waals surface area contributed by atoms with Gasteiger partial charge in [0.05, 0.1) is 11.1 Å². The SMILES string of the molecule is Cc1ccc([C@@H](C)NC(=O)COc2cc3oc(=O)cc(C)c3cc2Cl)cc1C. The number of benzene rings is 2. The molecule has 0 unspecified atom stereocenters. The molecule has 0 radical (unpaired) electrons. The van der Waals surface area contributed by atoms with E-state index in [1.54, 1.807) is 13.0 Å². The summed E-state index contributed by atoms with van der Waals surface area (Å²) in [5, 5.41) is 3.98. The van der Waals surface area contributed by atoms with Crippen molar-refractivity contribution in [1.82, 2.24) is 5.32 Å². The lowest BCUT2D eigenvalue weighted by Gasteiger charge is -2.16. The molecule has 0 saturated carbocycles. The summed E-state index contributed by atoms with van der Waals surface area (Å²) >= 11 is 6.26. The molecule has 1 aromatic heterocycles. The second kappa shape index (κ2) is 8.07. The largest absolute Gasteiger partial charge is 0.482 e. The fraction of sp³-hybridized carbons (Fsp3) is 0.273. The fourth-order valence-corrected chi connectivity index (χ4v) is 3.19. The number of rotatable bonds is 5. The smallest absolute Gasteiger partial charge is 0.336 e. The number of amides is 1. The normalized spacial score (nSPS) is 12.0. The van der Waals surface area contributed by atoms with E-state index in [2.05, 4.69) is 11.4 Å². The minimum absolute atomic E-state index is 0.150. The van der Waals surface area contributed by atoms with Gasteiger partial charge in [-0.25, -0.2) is 4.79 Å². The molecule has 0 spiro atoms. The van der Waals surface area contributed by atoms with Gasteiger partial charge in [0.15, 0.2) is 6.61 Å². The Bertz CT molecular complexity index is 1100. The van der Waals surface area contributed by atoms with Crippen LogP contribution < -0.4 is 15.7 Å². The Kier molecular flexibility index (Phi) is 5.75. The topological polar surface area (TPSA) is 68.5 Å². The first-order valence-corrected chi connectivity index (χ1v) is 9.35. The average molecular weight is 400 g/mol. The van der Waals surface area contributed by atoms with E-state index in [4.69, 9.17) is 20.8 Å². The molecule has 0 aliphatic heterocycles. The lowest BCUT2D eigenvalue weighted by Crippen LogP contribution is -2.31. The Labute approximate surface area is 168 Å². The molecule has 5 nitrogen and oxygen atoms in total. The molecule has 1 atom stereocenters. The van der Waals surface area contributed by atoms with Crippen molar-refractivity contribution in [2.75, 3.05) is 6.61 Å². The Morgan fingerprint density at radius 2 is 1.86 bits per heavy atom. The van der Waals surface area contributed by atoms with Crippen LogP contribution in [0.3, 0.4) is 0 Å². The molecule has 0 bridgehead atoms. The van der Waals surface area contributed by atoms with Crippen molar-refractivity contribution >= 4 is 28.5 Å². The van der Waals surface area contributed by atoms with Gasteiger partial charge < -0.3 is 14.5 Å². The maximum absolute atomic E-state index is 12.3. The first-order valence-electron chi connectivity index (χ1n) is 8.98. The third kappa shape index (κ3) is 4.37. The quantitative estimate of drug-likeness (QED) is 0.635. The van der Waals surface area contributed by atoms with Crippen LogP contribution in [0.25, 0.3) is 11.0 Å². The van der Waals surface area contributed by atoms with Crippen molar-refractivity contribution in [2.24, 2.45) is 0 Å². The molecule has 3 rings (SSSR count). The van der Waals surface area contributed by atoms with Gasteiger partial charge in [0.1, 0.15) is 11.3 Å². The van der Waals surface area contributed by atoms with Crippen LogP contribution >= 0.6 is 11.6 Å². The van der Waals surface area contributed by atoms with Gasteiger partial charge in [-0.2, -0.15) is 0 Å². The summed E-state index contributed by atoms with van der Waals surface area (Å²) in [6.07, 6.45) is 0. The molecule has 1 N–H and O–H groups in total. The van der Waals surface area contributed by atoms with E-state index in [1.807, 2.05) is 32.9 Å². The summed E-state index contributed by atoms with van der Waals surface area (Å²) < 4.78 is 10.8. The van der Waals surface area contributed by atoms with Crippen LogP contribution in [0.5, 0.6) is 5.75 Å². The van der Waals surface area contributed by atoms with E-state index in [9.17, 15) is 9.59 Å². The third-order valence-corrected chi connectivity index (χ3v) is 5.07. The van der Waals surface area contributed by atoms with Gasteiger partial charge >= 0.3 is 5.63 Å². The van der Waals surface area contributed by atoms with Gasteiger partial charge in [-0.3, -0.25) is 4.79 Å². The zero-order chi connectivity index (χ0) is 20.4. The van der Waals surface area contributed by atoms with Gasteiger partial charge in [0, 0.05) is 17.5 Å². The number of halogens is 1. The monoisotopic (exact) mass is 399 g/mol. The Balaban J connectivity index is 1.69. The number of ether oxygens (including phenoxy) is 1. The number of hydrogen-bond acceptors (Lipinski definition) is 4. The molecule has 0 fully saturated rings. The molecule has 1 heterocycles. The molecule has 0 saturated heterocycles. The van der Waals surface area contributed by atoms with Crippen molar-refractivity contribution in [2.45, 2.75) is 33.7 Å². The number of aryl methyl sites for hydroxylation is 3. The van der Waals surface area contributed by atoms with Crippen molar-refractivity contribution < 1.29 is 13.9 Å². The molecule has 3 aromatic rings. The first-order chi connectivity index (χ1) is 13.2. The zero-order valence-corrected chi connectivity index (χ0v) is 17.0. The molecular formula is C22H22ClNO4. The van der Waals surface area contributed by atoms with Crippen LogP contribution in [0, 0.1) is 20.8 Å². The Morgan fingerprint density at radius 3 is 2.57 bits per heavy atom. The van der Waals surface area contributed by atoms with Crippen molar-refractivity contribution in [3.63, 3.8) is 0 Å². The van der Waals surface area contributed by atoms with Crippen LogP contribution in [0.4, 0.5) is 0 Å². The van der Waals surface area contributed by atoms with Crippen molar-refractivity contribution in [3.8, 4) is 5.75 Å². The van der Waals surface area contributed by atoms with Crippen LogP contribution in [-0.4, -0.2) is 12.5 Å². The first kappa shape index (κ1) is 20.0. The standard InChI is InChI=1S/C22H22ClNO4/c1-12-5-6-16(7-13(12)2)15(4)24-21(25)11-27-20-10-19-17(9-18(20)23)14(3)8-22(26)28-19/h5-10,15H,11H2,1-4H3,(H,24,25)/t15-/m1/s1. The average Bonchev–Trinajstić information content (AvgIpc) is 2.63. The molecule has 28 heavy (non-hydrogen) atoms. The van der Waals surface area contributed by atoms with Gasteiger partial charge in [0.2, 0.25) is 0 Å². The van der Waals surface area contributed by atoms with E-state index in [1.165, 1.54) is 23.3 Å². The molecule has 0 aliphatic carbocycles. The predicted octanol–water partition coefficient (Wildman–Crippen LogP) is 4.63. The molecular weight excluding hydrogens is 378 g/mol. The van der Waals surface area contributed by atoms with Gasteiger partial charge in [-0.05, 0) is 56.0 Å². The number of nitrogens with one attached hydrogen (secondary N) is 1. The summed E-state index contributed by atoms with van der Waals surface area (Å²) in [5.74, 6) is 0.0180. The maximum Gasteiger partial charge on any atom is 0.336 e. The highest BCUT2D eigenvalue weighted by Crippen LogP contribution is 2.31. The van der Waals surface area contributed by atoms with Crippen LogP contribution in [-0.2, 0) is 4.79 Å². The van der Waals surface area contributed by atoms with Crippen molar-refractivity contribution in [3.05, 3.63) is 74.1 Å². The van der Waals surface area contributed by atoms with Gasteiger partial charge in [-0.15, -0.1) is 0 Å². The fourth-order valence-electron chi connectivity index (χ4n) is 2.97. The molecule has 0 aliphatic rings. The second-order valence-corrected chi connectivity index (χ2v) is 7.36. The van der Waals surface area contributed by atoms with Crippen LogP contribution in [0.2, 0.25) is 5.02 Å². The number of hydrogen-bond donors (Lipinski definition) is 1. The zero-order valence-electron chi connectivity index (χ0n) is 16.3. The lowest BCUT2D eigenvalue weighted by atomic mass is 10.0. The maximum atomic E-state index is 12.3. The van der Waals surface area contributed by atoms with Crippen molar-refractivity contribution in [1.29, 1.82) is 0 Å². The van der Waals surface area contributed by atoms with E-state index in [-0.39, 0.29) is 24.3 Å². The highest BCUT2D eigenvalue weighted by molar-refractivity contribution is 6.32. The van der Waals surface area contributed by atoms with Gasteiger partial charge in [0.25, 0.3) is 5.91 Å². The van der Waals surface area contributed by atoms with E-state index in [0.29, 0.717) is 10.6 Å². The van der Waals surface area contributed by atoms with E-state index >= 15 is 0 Å². The van der Waals surface area contributed by atoms with E-state index < -0.39 is 5.63 Å². The second-order valence-electron chi connectivity index (χ2n) is 6.95. The highest BCUT2D eigenvalue weighted by Gasteiger charge is 2.13. The molecule has 1 amide bonds. The summed E-state index contributed by atoms with van der Waals surface area (Å²) in [6, 6.07) is 10.6. The van der Waals surface area contributed by atoms with Crippen LogP contribution in [0.15, 0.2) is 45.6 Å².